The third-order valence-electron chi connectivity index (χ3n) is 3.04. The van der Waals surface area contributed by atoms with Crippen molar-refractivity contribution in [3.05, 3.63) is 0 Å². The van der Waals surface area contributed by atoms with E-state index < -0.39 is 21.8 Å². The molecular weight excluding hydrogens is 290 g/mol. The molecule has 1 saturated heterocycles. The number of hydrogen-bond acceptors (Lipinski definition) is 5. The maximum absolute atomic E-state index is 11.7. The van der Waals surface area contributed by atoms with E-state index >= 15 is 0 Å². The quantitative estimate of drug-likeness (QED) is 0.693. The zero-order chi connectivity index (χ0) is 14.5. The van der Waals surface area contributed by atoms with Gasteiger partial charge in [0, 0.05) is 6.42 Å². The van der Waals surface area contributed by atoms with Crippen molar-refractivity contribution in [2.24, 2.45) is 5.92 Å². The van der Waals surface area contributed by atoms with Gasteiger partial charge in [-0.15, -0.1) is 0 Å². The van der Waals surface area contributed by atoms with Gasteiger partial charge in [0.05, 0.1) is 11.5 Å². The Morgan fingerprint density at radius 3 is 2.63 bits per heavy atom. The Balaban J connectivity index is 2.42. The molecule has 8 heteroatoms. The summed E-state index contributed by atoms with van der Waals surface area (Å²) in [6.45, 7) is 0. The first-order valence-electron chi connectivity index (χ1n) is 6.05. The topological polar surface area (TPSA) is 101 Å². The minimum absolute atomic E-state index is 0.0307. The van der Waals surface area contributed by atoms with E-state index in [0.29, 0.717) is 18.6 Å². The molecule has 0 saturated carbocycles. The molecule has 0 aromatic carbocycles. The maximum Gasteiger partial charge on any atom is 0.326 e. The third kappa shape index (κ3) is 5.82. The van der Waals surface area contributed by atoms with E-state index in [1.165, 1.54) is 11.8 Å². The van der Waals surface area contributed by atoms with Gasteiger partial charge in [-0.1, -0.05) is 0 Å². The number of nitrogens with one attached hydrogen (secondary N) is 1. The summed E-state index contributed by atoms with van der Waals surface area (Å²) in [5, 5.41) is 11.4. The highest BCUT2D eigenvalue weighted by atomic mass is 32.2. The van der Waals surface area contributed by atoms with E-state index in [9.17, 15) is 18.0 Å². The number of carboxylic acid groups (broad SMARTS) is 1. The number of sulfone groups is 1. The van der Waals surface area contributed by atoms with Crippen LogP contribution in [0.1, 0.15) is 19.3 Å². The molecule has 0 aromatic heterocycles. The first-order chi connectivity index (χ1) is 8.84. The molecule has 0 aromatic rings. The predicted octanol–water partition coefficient (Wildman–Crippen LogP) is 0.134. The van der Waals surface area contributed by atoms with E-state index in [-0.39, 0.29) is 29.8 Å². The molecular formula is C11H19NO5S2. The fourth-order valence-corrected chi connectivity index (χ4v) is 4.37. The summed E-state index contributed by atoms with van der Waals surface area (Å²) in [4.78, 5) is 22.7. The van der Waals surface area contributed by atoms with Crippen LogP contribution in [0.2, 0.25) is 0 Å². The fourth-order valence-electron chi connectivity index (χ4n) is 2.04. The Hall–Kier alpha value is -0.760. The molecule has 0 radical (unpaired) electrons. The summed E-state index contributed by atoms with van der Waals surface area (Å²) in [6, 6.07) is -0.891. The van der Waals surface area contributed by atoms with Crippen molar-refractivity contribution in [1.29, 1.82) is 0 Å². The minimum Gasteiger partial charge on any atom is -0.480 e. The largest absolute Gasteiger partial charge is 0.480 e. The van der Waals surface area contributed by atoms with Crippen LogP contribution in [-0.4, -0.2) is 55.0 Å². The fraction of sp³-hybridized carbons (Fsp3) is 0.818. The molecule has 1 heterocycles. The molecule has 2 N–H and O–H groups in total. The van der Waals surface area contributed by atoms with Crippen molar-refractivity contribution in [2.75, 3.05) is 23.5 Å². The number of amides is 1. The van der Waals surface area contributed by atoms with Crippen molar-refractivity contribution in [3.63, 3.8) is 0 Å². The van der Waals surface area contributed by atoms with Gasteiger partial charge in [0.25, 0.3) is 0 Å². The first-order valence-corrected chi connectivity index (χ1v) is 9.27. The first kappa shape index (κ1) is 16.3. The van der Waals surface area contributed by atoms with Gasteiger partial charge in [-0.25, -0.2) is 13.2 Å². The highest BCUT2D eigenvalue weighted by molar-refractivity contribution is 7.98. The van der Waals surface area contributed by atoms with Gasteiger partial charge in [-0.05, 0) is 30.8 Å². The normalized spacial score (nSPS) is 22.9. The average molecular weight is 309 g/mol. The second-order valence-electron chi connectivity index (χ2n) is 4.71. The van der Waals surface area contributed by atoms with E-state index in [4.69, 9.17) is 5.11 Å². The van der Waals surface area contributed by atoms with Gasteiger partial charge in [0.2, 0.25) is 5.91 Å². The monoisotopic (exact) mass is 309 g/mol. The summed E-state index contributed by atoms with van der Waals surface area (Å²) < 4.78 is 22.5. The van der Waals surface area contributed by atoms with Crippen LogP contribution in [0.5, 0.6) is 0 Å². The van der Waals surface area contributed by atoms with Crippen LogP contribution >= 0.6 is 11.8 Å². The lowest BCUT2D eigenvalue weighted by atomic mass is 10.0. The molecule has 2 atom stereocenters. The number of hydrogen-bond donors (Lipinski definition) is 2. The predicted molar refractivity (Wildman–Crippen MR) is 73.9 cm³/mol. The highest BCUT2D eigenvalue weighted by Gasteiger charge is 2.30. The maximum atomic E-state index is 11.7. The van der Waals surface area contributed by atoms with Gasteiger partial charge >= 0.3 is 5.97 Å². The lowest BCUT2D eigenvalue weighted by molar-refractivity contribution is -0.142. The summed E-state index contributed by atoms with van der Waals surface area (Å²) in [6.07, 6.45) is 2.80. The van der Waals surface area contributed by atoms with Crippen molar-refractivity contribution in [1.82, 2.24) is 5.32 Å². The second kappa shape index (κ2) is 7.14. The molecule has 0 spiro atoms. The summed E-state index contributed by atoms with van der Waals surface area (Å²) in [5.74, 6) is -0.810. The van der Waals surface area contributed by atoms with Gasteiger partial charge in [0.1, 0.15) is 6.04 Å². The van der Waals surface area contributed by atoms with E-state index in [1.54, 1.807) is 0 Å². The number of rotatable bonds is 7. The third-order valence-corrected chi connectivity index (χ3v) is 5.53. The molecule has 1 rings (SSSR count). The molecule has 1 amide bonds. The summed E-state index contributed by atoms with van der Waals surface area (Å²) >= 11 is 1.51. The van der Waals surface area contributed by atoms with Crippen LogP contribution in [-0.2, 0) is 19.4 Å². The van der Waals surface area contributed by atoms with Crippen LogP contribution in [0.25, 0.3) is 0 Å². The van der Waals surface area contributed by atoms with Gasteiger partial charge in [0.15, 0.2) is 9.84 Å². The van der Waals surface area contributed by atoms with Crippen molar-refractivity contribution in [3.8, 4) is 0 Å². The van der Waals surface area contributed by atoms with Crippen LogP contribution in [0.15, 0.2) is 0 Å². The number of thioether (sulfide) groups is 1. The number of carbonyl (C=O) groups excluding carboxylic acids is 1. The molecule has 1 aliphatic rings. The molecule has 0 aliphatic carbocycles. The van der Waals surface area contributed by atoms with Crippen LogP contribution in [0.3, 0.4) is 0 Å². The Kier molecular flexibility index (Phi) is 6.12. The standard InChI is InChI=1S/C11H19NO5S2/c1-18-4-2-9(11(14)15)12-10(13)6-8-3-5-19(16,17)7-8/h8-9H,2-7H2,1H3,(H,12,13)(H,14,15)/t8?,9-/m0/s1. The lowest BCUT2D eigenvalue weighted by Crippen LogP contribution is -2.41. The molecule has 19 heavy (non-hydrogen) atoms. The number of carbonyl (C=O) groups is 2. The van der Waals surface area contributed by atoms with Crippen molar-refractivity contribution in [2.45, 2.75) is 25.3 Å². The van der Waals surface area contributed by atoms with Crippen molar-refractivity contribution >= 4 is 33.5 Å². The second-order valence-corrected chi connectivity index (χ2v) is 7.93. The van der Waals surface area contributed by atoms with Crippen LogP contribution in [0, 0.1) is 5.92 Å². The molecule has 0 bridgehead atoms. The van der Waals surface area contributed by atoms with Gasteiger partial charge < -0.3 is 10.4 Å². The van der Waals surface area contributed by atoms with E-state index in [0.717, 1.165) is 0 Å². The average Bonchev–Trinajstić information content (AvgIpc) is 2.63. The number of carboxylic acids is 1. The molecule has 1 fully saturated rings. The van der Waals surface area contributed by atoms with Gasteiger partial charge in [-0.2, -0.15) is 11.8 Å². The van der Waals surface area contributed by atoms with Crippen LogP contribution in [0.4, 0.5) is 0 Å². The SMILES string of the molecule is CSCC[C@H](NC(=O)CC1CCS(=O)(=O)C1)C(=O)O. The Morgan fingerprint density at radius 1 is 1.47 bits per heavy atom. The Bertz CT molecular complexity index is 434. The lowest BCUT2D eigenvalue weighted by Gasteiger charge is -2.15. The van der Waals surface area contributed by atoms with E-state index in [2.05, 4.69) is 5.32 Å². The Morgan fingerprint density at radius 2 is 2.16 bits per heavy atom. The zero-order valence-corrected chi connectivity index (χ0v) is 12.4. The van der Waals surface area contributed by atoms with Crippen LogP contribution < -0.4 is 5.32 Å². The molecule has 1 unspecified atom stereocenters. The van der Waals surface area contributed by atoms with Gasteiger partial charge in [-0.3, -0.25) is 4.79 Å². The molecule has 110 valence electrons. The molecule has 6 nitrogen and oxygen atoms in total. The smallest absolute Gasteiger partial charge is 0.326 e. The minimum atomic E-state index is -3.00. The van der Waals surface area contributed by atoms with Crippen molar-refractivity contribution < 1.29 is 23.1 Å². The Labute approximate surface area is 117 Å². The summed E-state index contributed by atoms with van der Waals surface area (Å²) in [5.41, 5.74) is 0. The molecule has 1 aliphatic heterocycles. The number of aliphatic carboxylic acids is 1. The van der Waals surface area contributed by atoms with E-state index in [1.807, 2.05) is 6.26 Å². The summed E-state index contributed by atoms with van der Waals surface area (Å²) in [7, 11) is -3.00. The highest BCUT2D eigenvalue weighted by Crippen LogP contribution is 2.21. The zero-order valence-electron chi connectivity index (χ0n) is 10.8.